The van der Waals surface area contributed by atoms with Crippen molar-refractivity contribution in [3.63, 3.8) is 0 Å². The Hall–Kier alpha value is -3.77. The highest BCUT2D eigenvalue weighted by Gasteiger charge is 2.48. The fraction of sp³-hybridized carbons (Fsp3) is 0.346. The Kier molecular flexibility index (Phi) is 5.83. The lowest BCUT2D eigenvalue weighted by Crippen LogP contribution is -2.46. The van der Waals surface area contributed by atoms with Crippen molar-refractivity contribution in [1.82, 2.24) is 0 Å². The SMILES string of the molecule is CC(=O)[C@]1(O)Cc2c(O)c3c(c(O)c2[C@@H](O[C@H]2C[C@@H](N)C(O)=CO2)C1)C(=O)c1c(CO)cccc1C3=O. The average Bonchev–Trinajstić information content (AvgIpc) is 2.86. The Balaban J connectivity index is 1.70. The molecule has 0 spiro atoms. The van der Waals surface area contributed by atoms with Crippen LogP contribution in [0.2, 0.25) is 0 Å². The monoisotopic (exact) mass is 511 g/mol. The van der Waals surface area contributed by atoms with Gasteiger partial charge in [-0.15, -0.1) is 0 Å². The summed E-state index contributed by atoms with van der Waals surface area (Å²) in [6, 6.07) is 3.51. The molecule has 0 amide bonds. The van der Waals surface area contributed by atoms with Gasteiger partial charge in [-0.25, -0.2) is 0 Å². The highest BCUT2D eigenvalue weighted by atomic mass is 16.7. The summed E-state index contributed by atoms with van der Waals surface area (Å²) >= 11 is 0. The summed E-state index contributed by atoms with van der Waals surface area (Å²) in [5.74, 6) is -3.68. The number of nitrogens with two attached hydrogens (primary N) is 1. The number of hydrogen-bond donors (Lipinski definition) is 6. The van der Waals surface area contributed by atoms with Gasteiger partial charge in [0.05, 0.1) is 29.9 Å². The first-order valence-electron chi connectivity index (χ1n) is 11.6. The number of rotatable bonds is 4. The zero-order valence-corrected chi connectivity index (χ0v) is 19.7. The van der Waals surface area contributed by atoms with E-state index in [0.717, 1.165) is 13.2 Å². The van der Waals surface area contributed by atoms with Gasteiger partial charge < -0.3 is 40.7 Å². The average molecular weight is 511 g/mol. The van der Waals surface area contributed by atoms with E-state index in [4.69, 9.17) is 15.2 Å². The van der Waals surface area contributed by atoms with E-state index in [9.17, 15) is 39.9 Å². The maximum absolute atomic E-state index is 13.5. The van der Waals surface area contributed by atoms with E-state index in [1.807, 2.05) is 0 Å². The lowest BCUT2D eigenvalue weighted by atomic mass is 9.71. The molecule has 194 valence electrons. The first-order chi connectivity index (χ1) is 17.5. The van der Waals surface area contributed by atoms with E-state index in [0.29, 0.717) is 0 Å². The summed E-state index contributed by atoms with van der Waals surface area (Å²) in [5, 5.41) is 53.2. The Morgan fingerprint density at radius 3 is 2.49 bits per heavy atom. The molecule has 11 heteroatoms. The number of fused-ring (bicyclic) bond motifs is 3. The molecule has 0 saturated carbocycles. The molecular formula is C26H25NO10. The number of carbonyl (C=O) groups is 3. The van der Waals surface area contributed by atoms with Crippen molar-refractivity contribution in [3.8, 4) is 11.5 Å². The number of phenolic OH excluding ortho intramolecular Hbond substituents is 2. The molecular weight excluding hydrogens is 486 g/mol. The molecule has 0 aromatic heterocycles. The molecule has 0 saturated heterocycles. The highest BCUT2D eigenvalue weighted by molar-refractivity contribution is 6.31. The van der Waals surface area contributed by atoms with E-state index < -0.39 is 77.0 Å². The van der Waals surface area contributed by atoms with Crippen LogP contribution in [-0.4, -0.2) is 60.8 Å². The van der Waals surface area contributed by atoms with Crippen molar-refractivity contribution in [2.24, 2.45) is 5.73 Å². The van der Waals surface area contributed by atoms with Crippen molar-refractivity contribution in [1.29, 1.82) is 0 Å². The molecule has 1 aliphatic heterocycles. The van der Waals surface area contributed by atoms with Crippen LogP contribution >= 0.6 is 0 Å². The van der Waals surface area contributed by atoms with Gasteiger partial charge in [0, 0.05) is 41.5 Å². The number of aliphatic hydroxyl groups excluding tert-OH is 2. The third-order valence-corrected chi connectivity index (χ3v) is 7.29. The molecule has 5 rings (SSSR count). The van der Waals surface area contributed by atoms with Crippen LogP contribution in [0.4, 0.5) is 0 Å². The standard InChI is InChI=1S/C26H25NO10/c1-10(29)26(35)6-13-19(16(7-26)37-17-5-14(27)15(30)9-36-17)25(34)21-20(23(13)32)22(31)12-4-2-3-11(8-28)18(12)24(21)33/h2-4,9,14,16-17,28,30,32,34-35H,5-8,27H2,1H3/t14-,16+,17+,26+/m1/s1. The quantitative estimate of drug-likeness (QED) is 0.275. The van der Waals surface area contributed by atoms with E-state index in [1.54, 1.807) is 0 Å². The van der Waals surface area contributed by atoms with Gasteiger partial charge in [0.2, 0.25) is 6.29 Å². The second kappa shape index (κ2) is 8.67. The van der Waals surface area contributed by atoms with E-state index in [1.165, 1.54) is 18.2 Å². The van der Waals surface area contributed by atoms with Crippen molar-refractivity contribution < 1.29 is 49.4 Å². The number of aromatic hydroxyl groups is 2. The Bertz CT molecular complexity index is 1400. The molecule has 0 bridgehead atoms. The molecule has 0 radical (unpaired) electrons. The van der Waals surface area contributed by atoms with Crippen LogP contribution in [0.3, 0.4) is 0 Å². The maximum Gasteiger partial charge on any atom is 0.201 e. The van der Waals surface area contributed by atoms with E-state index >= 15 is 0 Å². The molecule has 3 aliphatic rings. The van der Waals surface area contributed by atoms with Crippen LogP contribution in [0.25, 0.3) is 0 Å². The Labute approximate surface area is 210 Å². The number of carbonyl (C=O) groups excluding carboxylic acids is 3. The maximum atomic E-state index is 13.5. The summed E-state index contributed by atoms with van der Waals surface area (Å²) in [7, 11) is 0. The zero-order chi connectivity index (χ0) is 26.8. The molecule has 11 nitrogen and oxygen atoms in total. The number of aliphatic hydroxyl groups is 3. The third-order valence-electron chi connectivity index (χ3n) is 7.29. The molecule has 7 N–H and O–H groups in total. The number of phenols is 2. The normalized spacial score (nSPS) is 26.5. The lowest BCUT2D eigenvalue weighted by Gasteiger charge is -2.40. The zero-order valence-electron chi connectivity index (χ0n) is 19.7. The molecule has 4 atom stereocenters. The number of benzene rings is 2. The summed E-state index contributed by atoms with van der Waals surface area (Å²) < 4.78 is 11.3. The Morgan fingerprint density at radius 2 is 1.84 bits per heavy atom. The number of hydrogen-bond acceptors (Lipinski definition) is 11. The first-order valence-corrected chi connectivity index (χ1v) is 11.6. The minimum atomic E-state index is -2.02. The fourth-order valence-electron chi connectivity index (χ4n) is 5.25. The third kappa shape index (κ3) is 3.70. The highest BCUT2D eigenvalue weighted by Crippen LogP contribution is 2.52. The van der Waals surface area contributed by atoms with Gasteiger partial charge >= 0.3 is 0 Å². The van der Waals surface area contributed by atoms with Crippen molar-refractivity contribution in [3.05, 3.63) is 69.2 Å². The van der Waals surface area contributed by atoms with Crippen LogP contribution in [0.5, 0.6) is 11.5 Å². The van der Waals surface area contributed by atoms with Gasteiger partial charge in [-0.1, -0.05) is 18.2 Å². The topological polar surface area (TPSA) is 197 Å². The second-order valence-electron chi connectivity index (χ2n) is 9.54. The van der Waals surface area contributed by atoms with Gasteiger partial charge in [-0.05, 0) is 12.5 Å². The van der Waals surface area contributed by atoms with Gasteiger partial charge in [-0.2, -0.15) is 0 Å². The molecule has 0 unspecified atom stereocenters. The van der Waals surface area contributed by atoms with Gasteiger partial charge in [0.15, 0.2) is 17.3 Å². The number of ether oxygens (including phenoxy) is 2. The van der Waals surface area contributed by atoms with Crippen molar-refractivity contribution in [2.75, 3.05) is 0 Å². The van der Waals surface area contributed by atoms with Gasteiger partial charge in [0.25, 0.3) is 0 Å². The molecule has 0 fully saturated rings. The summed E-state index contributed by atoms with van der Waals surface area (Å²) in [6.45, 7) is 0.624. The first kappa shape index (κ1) is 24.9. The Morgan fingerprint density at radius 1 is 1.14 bits per heavy atom. The van der Waals surface area contributed by atoms with Crippen LogP contribution < -0.4 is 5.73 Å². The molecule has 2 aromatic rings. The number of ketones is 3. The summed E-state index contributed by atoms with van der Waals surface area (Å²) in [5.41, 5.74) is 2.74. The van der Waals surface area contributed by atoms with Crippen LogP contribution in [-0.2, 0) is 27.3 Å². The van der Waals surface area contributed by atoms with Gasteiger partial charge in [-0.3, -0.25) is 14.4 Å². The predicted molar refractivity (Wildman–Crippen MR) is 125 cm³/mol. The minimum absolute atomic E-state index is 0.00496. The molecule has 2 aromatic carbocycles. The van der Waals surface area contributed by atoms with Crippen LogP contribution in [0.1, 0.15) is 74.4 Å². The lowest BCUT2D eigenvalue weighted by molar-refractivity contribution is -0.179. The predicted octanol–water partition coefficient (Wildman–Crippen LogP) is 1.16. The molecule has 37 heavy (non-hydrogen) atoms. The fourth-order valence-corrected chi connectivity index (χ4v) is 5.25. The second-order valence-corrected chi connectivity index (χ2v) is 9.54. The molecule has 2 aliphatic carbocycles. The van der Waals surface area contributed by atoms with Crippen molar-refractivity contribution in [2.45, 2.75) is 56.8 Å². The minimum Gasteiger partial charge on any atom is -0.507 e. The molecule has 1 heterocycles. The van der Waals surface area contributed by atoms with Gasteiger partial charge in [0.1, 0.15) is 29.1 Å². The largest absolute Gasteiger partial charge is 0.507 e. The number of Topliss-reactive ketones (excluding diaryl/α,β-unsaturated/α-hetero) is 1. The van der Waals surface area contributed by atoms with Crippen LogP contribution in [0.15, 0.2) is 30.2 Å². The summed E-state index contributed by atoms with van der Waals surface area (Å²) in [4.78, 5) is 39.4. The van der Waals surface area contributed by atoms with E-state index in [2.05, 4.69) is 0 Å². The van der Waals surface area contributed by atoms with Crippen LogP contribution in [0, 0.1) is 0 Å². The van der Waals surface area contributed by atoms with E-state index in [-0.39, 0.29) is 46.4 Å². The summed E-state index contributed by atoms with van der Waals surface area (Å²) in [6.07, 6.45) is -2.13. The smallest absolute Gasteiger partial charge is 0.201 e. The van der Waals surface area contributed by atoms with Crippen molar-refractivity contribution >= 4 is 17.3 Å².